The van der Waals surface area contributed by atoms with E-state index in [0.29, 0.717) is 11.1 Å². The van der Waals surface area contributed by atoms with Crippen LogP contribution in [-0.2, 0) is 9.59 Å². The Balaban J connectivity index is 2.33. The highest BCUT2D eigenvalue weighted by molar-refractivity contribution is 6.06. The number of aliphatic carboxylic acids is 1. The lowest BCUT2D eigenvalue weighted by Gasteiger charge is -2.15. The molecule has 2 rings (SSSR count). The van der Waals surface area contributed by atoms with E-state index in [2.05, 4.69) is 10.6 Å². The van der Waals surface area contributed by atoms with Crippen molar-refractivity contribution in [1.29, 1.82) is 0 Å². The van der Waals surface area contributed by atoms with Gasteiger partial charge in [0.1, 0.15) is 11.7 Å². The summed E-state index contributed by atoms with van der Waals surface area (Å²) in [6.45, 7) is 1.60. The molecule has 0 heterocycles. The summed E-state index contributed by atoms with van der Waals surface area (Å²) < 4.78 is 0. The van der Waals surface area contributed by atoms with Crippen LogP contribution in [0.4, 0.5) is 5.69 Å². The normalized spacial score (nSPS) is 12.0. The van der Waals surface area contributed by atoms with Gasteiger partial charge in [-0.15, -0.1) is 0 Å². The number of non-ortho nitro benzene ring substituents is 1. The molecule has 0 aliphatic carbocycles. The van der Waals surface area contributed by atoms with E-state index in [1.54, 1.807) is 37.3 Å². The molecule has 0 radical (unpaired) electrons. The van der Waals surface area contributed by atoms with Gasteiger partial charge in [0.2, 0.25) is 0 Å². The molecule has 0 aliphatic heterocycles. The number of nitrogens with zero attached hydrogens (tertiary/aromatic N) is 1. The van der Waals surface area contributed by atoms with Gasteiger partial charge in [0.25, 0.3) is 17.5 Å². The first-order chi connectivity index (χ1) is 13.8. The maximum Gasteiger partial charge on any atom is 0.326 e. The second-order valence-electron chi connectivity index (χ2n) is 6.00. The molecule has 1 atom stereocenters. The van der Waals surface area contributed by atoms with Gasteiger partial charge in [-0.2, -0.15) is 0 Å². The van der Waals surface area contributed by atoms with Crippen LogP contribution in [0.1, 0.15) is 29.3 Å². The Hall–Kier alpha value is -4.01. The van der Waals surface area contributed by atoms with Crippen molar-refractivity contribution in [3.05, 3.63) is 81.5 Å². The lowest BCUT2D eigenvalue weighted by atomic mass is 10.1. The van der Waals surface area contributed by atoms with E-state index in [1.807, 2.05) is 0 Å². The van der Waals surface area contributed by atoms with E-state index in [9.17, 15) is 24.5 Å². The Kier molecular flexibility index (Phi) is 7.19. The maximum atomic E-state index is 12.6. The van der Waals surface area contributed by atoms with Gasteiger partial charge in [0, 0.05) is 17.7 Å². The highest BCUT2D eigenvalue weighted by Crippen LogP contribution is 2.14. The molecule has 150 valence electrons. The molecule has 2 aromatic rings. The molecule has 9 heteroatoms. The summed E-state index contributed by atoms with van der Waals surface area (Å²) in [5, 5.41) is 24.7. The van der Waals surface area contributed by atoms with Crippen molar-refractivity contribution in [2.45, 2.75) is 19.4 Å². The smallest absolute Gasteiger partial charge is 0.326 e. The molecule has 2 amide bonds. The molecule has 29 heavy (non-hydrogen) atoms. The van der Waals surface area contributed by atoms with Crippen molar-refractivity contribution in [2.24, 2.45) is 0 Å². The average molecular weight is 397 g/mol. The lowest BCUT2D eigenvalue weighted by Crippen LogP contribution is -2.44. The number of carboxylic acids is 1. The van der Waals surface area contributed by atoms with E-state index in [0.717, 1.165) is 0 Å². The van der Waals surface area contributed by atoms with Crippen LogP contribution in [0, 0.1) is 10.1 Å². The number of nitrogens with one attached hydrogen (secondary N) is 2. The number of carbonyl (C=O) groups excluding carboxylic acids is 2. The minimum Gasteiger partial charge on any atom is -0.480 e. The molecule has 0 aromatic heterocycles. The van der Waals surface area contributed by atoms with Crippen molar-refractivity contribution in [3.8, 4) is 0 Å². The fourth-order valence-electron chi connectivity index (χ4n) is 2.38. The third kappa shape index (κ3) is 5.99. The number of benzene rings is 2. The predicted molar refractivity (Wildman–Crippen MR) is 105 cm³/mol. The van der Waals surface area contributed by atoms with Gasteiger partial charge in [-0.05, 0) is 42.3 Å². The molecular weight excluding hydrogens is 378 g/mol. The second kappa shape index (κ2) is 9.79. The minimum absolute atomic E-state index is 0.126. The Bertz CT molecular complexity index is 938. The first-order valence-electron chi connectivity index (χ1n) is 8.68. The number of hydrogen-bond acceptors (Lipinski definition) is 5. The SMILES string of the molecule is CCC(NC(=O)C(=Cc1ccc([N+](=O)[O-])cc1)NC(=O)c1ccccc1)C(=O)O. The van der Waals surface area contributed by atoms with Crippen LogP contribution in [0.25, 0.3) is 6.08 Å². The van der Waals surface area contributed by atoms with Crippen LogP contribution in [-0.4, -0.2) is 33.9 Å². The van der Waals surface area contributed by atoms with Crippen molar-refractivity contribution >= 4 is 29.5 Å². The number of carbonyl (C=O) groups is 3. The largest absolute Gasteiger partial charge is 0.480 e. The van der Waals surface area contributed by atoms with E-state index in [4.69, 9.17) is 5.11 Å². The zero-order valence-corrected chi connectivity index (χ0v) is 15.5. The molecule has 0 fully saturated rings. The van der Waals surface area contributed by atoms with Gasteiger partial charge in [-0.25, -0.2) is 4.79 Å². The summed E-state index contributed by atoms with van der Waals surface area (Å²) >= 11 is 0. The topological polar surface area (TPSA) is 139 Å². The summed E-state index contributed by atoms with van der Waals surface area (Å²) in [5.74, 6) is -2.55. The Morgan fingerprint density at radius 3 is 2.24 bits per heavy atom. The van der Waals surface area contributed by atoms with Gasteiger partial charge in [-0.1, -0.05) is 25.1 Å². The van der Waals surface area contributed by atoms with Gasteiger partial charge in [-0.3, -0.25) is 19.7 Å². The highest BCUT2D eigenvalue weighted by atomic mass is 16.6. The Morgan fingerprint density at radius 2 is 1.72 bits per heavy atom. The summed E-state index contributed by atoms with van der Waals surface area (Å²) in [6.07, 6.45) is 1.47. The van der Waals surface area contributed by atoms with Gasteiger partial charge in [0.15, 0.2) is 0 Å². The fraction of sp³-hybridized carbons (Fsp3) is 0.150. The number of nitro benzene ring substituents is 1. The van der Waals surface area contributed by atoms with Crippen LogP contribution in [0.15, 0.2) is 60.3 Å². The average Bonchev–Trinajstić information content (AvgIpc) is 2.72. The van der Waals surface area contributed by atoms with Crippen molar-refractivity contribution in [1.82, 2.24) is 10.6 Å². The monoisotopic (exact) mass is 397 g/mol. The first kappa shape index (κ1) is 21.3. The lowest BCUT2D eigenvalue weighted by molar-refractivity contribution is -0.384. The molecule has 9 nitrogen and oxygen atoms in total. The standard InChI is InChI=1S/C20H19N3O6/c1-2-16(20(26)27)21-19(25)17(22-18(24)14-6-4-3-5-7-14)12-13-8-10-15(11-9-13)23(28)29/h3-12,16H,2H2,1H3,(H,21,25)(H,22,24)(H,26,27). The first-order valence-corrected chi connectivity index (χ1v) is 8.68. The van der Waals surface area contributed by atoms with E-state index in [-0.39, 0.29) is 17.8 Å². The van der Waals surface area contributed by atoms with Crippen LogP contribution < -0.4 is 10.6 Å². The van der Waals surface area contributed by atoms with E-state index < -0.39 is 28.7 Å². The minimum atomic E-state index is -1.20. The quantitative estimate of drug-likeness (QED) is 0.355. The van der Waals surface area contributed by atoms with Gasteiger partial charge >= 0.3 is 5.97 Å². The molecule has 2 aromatic carbocycles. The van der Waals surface area contributed by atoms with Crippen LogP contribution >= 0.6 is 0 Å². The second-order valence-corrected chi connectivity index (χ2v) is 6.00. The van der Waals surface area contributed by atoms with Gasteiger partial charge < -0.3 is 15.7 Å². The third-order valence-electron chi connectivity index (χ3n) is 3.96. The van der Waals surface area contributed by atoms with Crippen LogP contribution in [0.2, 0.25) is 0 Å². The molecule has 0 saturated carbocycles. The Morgan fingerprint density at radius 1 is 1.10 bits per heavy atom. The highest BCUT2D eigenvalue weighted by Gasteiger charge is 2.21. The number of carboxylic acid groups (broad SMARTS) is 1. The predicted octanol–water partition coefficient (Wildman–Crippen LogP) is 2.35. The van der Waals surface area contributed by atoms with Gasteiger partial charge in [0.05, 0.1) is 4.92 Å². The fourth-order valence-corrected chi connectivity index (χ4v) is 2.38. The van der Waals surface area contributed by atoms with E-state index >= 15 is 0 Å². The van der Waals surface area contributed by atoms with Crippen LogP contribution in [0.5, 0.6) is 0 Å². The maximum absolute atomic E-state index is 12.6. The third-order valence-corrected chi connectivity index (χ3v) is 3.96. The number of hydrogen-bond donors (Lipinski definition) is 3. The molecule has 0 bridgehead atoms. The molecule has 0 aliphatic rings. The van der Waals surface area contributed by atoms with Crippen molar-refractivity contribution in [2.75, 3.05) is 0 Å². The summed E-state index contributed by atoms with van der Waals surface area (Å²) in [4.78, 5) is 46.5. The number of nitro groups is 1. The van der Waals surface area contributed by atoms with Crippen molar-refractivity contribution in [3.63, 3.8) is 0 Å². The summed E-state index contributed by atoms with van der Waals surface area (Å²) in [6, 6.07) is 12.4. The van der Waals surface area contributed by atoms with Crippen molar-refractivity contribution < 1.29 is 24.4 Å². The summed E-state index contributed by atoms with van der Waals surface area (Å²) in [7, 11) is 0. The Labute approximate surface area is 166 Å². The number of amides is 2. The molecule has 0 spiro atoms. The molecule has 0 saturated heterocycles. The van der Waals surface area contributed by atoms with Crippen LogP contribution in [0.3, 0.4) is 0 Å². The zero-order chi connectivity index (χ0) is 21.4. The molecule has 3 N–H and O–H groups in total. The molecule has 1 unspecified atom stereocenters. The zero-order valence-electron chi connectivity index (χ0n) is 15.5. The molecular formula is C20H19N3O6. The number of rotatable bonds is 8. The summed E-state index contributed by atoms with van der Waals surface area (Å²) in [5.41, 5.74) is 0.406. The van der Waals surface area contributed by atoms with E-state index in [1.165, 1.54) is 30.3 Å².